The van der Waals surface area contributed by atoms with Gasteiger partial charge in [-0.2, -0.15) is 176 Å². The third kappa shape index (κ3) is 27.4. The van der Waals surface area contributed by atoms with Crippen LogP contribution >= 0.6 is 0 Å². The minimum Gasteiger partial charge on any atom is -0.247 e. The van der Waals surface area contributed by atoms with Crippen molar-refractivity contribution in [2.75, 3.05) is 0 Å². The SMILES string of the molecule is CC1C(C(F)(F)F)C(C(F)(F)F)C(C(F)(F)F)C(C(F)(F)F)[C@@H]1C.CC1C(C(F)(F)F)C(C)[C@@H](C)C1C(F)(F)F.CC1C(F)C(F)C(F)[C@@H](C)C1F.CC1C(F)C(F)[C@@H](C)C1F.CC1CC(C(F)(F)F)C[C@@H](C)C1.CC1CCCC(C(F)(F)F)[C@@H]1C.CC1C[C@H](C)CC(C(F)(F)F)C1C(F)(F)F.C[C@H]1C(F)(F)C(C)(F)C(F)(F)C(F)(F)C1(F)F.C[C@H]1C(F)(F)C(C)(F)C(F)(F)C1(F)F. The van der Waals surface area contributed by atoms with Crippen LogP contribution in [0.2, 0.25) is 0 Å². The molecule has 0 amide bonds. The van der Waals surface area contributed by atoms with E-state index < -0.39 is 301 Å². The molecular formula is C80H107F53. The van der Waals surface area contributed by atoms with E-state index in [1.807, 2.05) is 20.8 Å². The van der Waals surface area contributed by atoms with Gasteiger partial charge in [-0.3, -0.25) is 0 Å². The lowest BCUT2D eigenvalue weighted by atomic mass is 9.56. The molecule has 0 saturated heterocycles. The number of hydrogen-bond donors (Lipinski definition) is 0. The van der Waals surface area contributed by atoms with Crippen LogP contribution in [0.3, 0.4) is 0 Å². The molecule has 0 radical (unpaired) electrons. The zero-order chi connectivity index (χ0) is 107. The summed E-state index contributed by atoms with van der Waals surface area (Å²) in [6.07, 6.45) is -59.1. The molecular weight excluding hydrogens is 1970 g/mol. The molecule has 0 bridgehead atoms. The van der Waals surface area contributed by atoms with Gasteiger partial charge >= 0.3 is 91.4 Å². The molecule has 9 aliphatic carbocycles. The third-order valence-corrected chi connectivity index (χ3v) is 28.3. The van der Waals surface area contributed by atoms with E-state index in [1.54, 1.807) is 13.8 Å². The molecule has 798 valence electrons. The van der Waals surface area contributed by atoms with Gasteiger partial charge in [0.05, 0.1) is 71.0 Å². The van der Waals surface area contributed by atoms with E-state index in [0.29, 0.717) is 33.1 Å². The van der Waals surface area contributed by atoms with Gasteiger partial charge in [-0.25, -0.2) is 57.1 Å². The summed E-state index contributed by atoms with van der Waals surface area (Å²) in [6, 6.07) is 0. The first kappa shape index (κ1) is 127. The Balaban J connectivity index is 0.000000756. The van der Waals surface area contributed by atoms with Crippen molar-refractivity contribution in [1.82, 2.24) is 0 Å². The zero-order valence-electron chi connectivity index (χ0n) is 73.8. The molecule has 27 unspecified atom stereocenters. The van der Waals surface area contributed by atoms with Gasteiger partial charge in [-0.15, -0.1) is 0 Å². The fraction of sp³-hybridized carbons (Fsp3) is 1.00. The van der Waals surface area contributed by atoms with E-state index in [2.05, 4.69) is 0 Å². The van der Waals surface area contributed by atoms with Crippen molar-refractivity contribution in [2.45, 2.75) is 341 Å². The first-order chi connectivity index (χ1) is 58.2. The van der Waals surface area contributed by atoms with Crippen LogP contribution in [-0.2, 0) is 0 Å². The lowest BCUT2D eigenvalue weighted by molar-refractivity contribution is -0.431. The largest absolute Gasteiger partial charge is 0.393 e. The maximum Gasteiger partial charge on any atom is 0.393 e. The van der Waals surface area contributed by atoms with Gasteiger partial charge in [0.25, 0.3) is 11.8 Å². The van der Waals surface area contributed by atoms with Crippen LogP contribution in [0.1, 0.15) is 183 Å². The molecule has 0 spiro atoms. The highest BCUT2D eigenvalue weighted by molar-refractivity contribution is 5.21. The molecule has 9 saturated carbocycles. The van der Waals surface area contributed by atoms with Crippen molar-refractivity contribution >= 4 is 0 Å². The maximum absolute atomic E-state index is 13.2. The van der Waals surface area contributed by atoms with Crippen LogP contribution in [0.25, 0.3) is 0 Å². The summed E-state index contributed by atoms with van der Waals surface area (Å²) in [7, 11) is 0. The van der Waals surface area contributed by atoms with Crippen molar-refractivity contribution in [3.05, 3.63) is 0 Å². The zero-order valence-corrected chi connectivity index (χ0v) is 73.8. The van der Waals surface area contributed by atoms with Crippen LogP contribution in [-0.4, -0.2) is 158 Å². The molecule has 0 aromatic rings. The average molecular weight is 2080 g/mol. The first-order valence-corrected chi connectivity index (χ1v) is 41.4. The summed E-state index contributed by atoms with van der Waals surface area (Å²) in [4.78, 5) is 0. The van der Waals surface area contributed by atoms with E-state index in [0.717, 1.165) is 26.2 Å². The number of rotatable bonds is 0. The molecule has 0 heterocycles. The van der Waals surface area contributed by atoms with Gasteiger partial charge in [0.15, 0.2) is 6.17 Å². The summed E-state index contributed by atoms with van der Waals surface area (Å²) in [5, 5.41) is 0. The van der Waals surface area contributed by atoms with Gasteiger partial charge < -0.3 is 0 Å². The lowest BCUT2D eigenvalue weighted by Gasteiger charge is -2.51. The smallest absolute Gasteiger partial charge is 0.247 e. The molecule has 0 aliphatic heterocycles. The molecule has 36 atom stereocenters. The minimum atomic E-state index is -6.19. The van der Waals surface area contributed by atoms with E-state index in [1.165, 1.54) is 48.5 Å². The van der Waals surface area contributed by atoms with Crippen LogP contribution in [0.15, 0.2) is 0 Å². The Kier molecular flexibility index (Phi) is 41.0. The molecule has 9 fully saturated rings. The summed E-state index contributed by atoms with van der Waals surface area (Å²) in [5.41, 5.74) is -9.59. The topological polar surface area (TPSA) is 0 Å². The van der Waals surface area contributed by atoms with Crippen molar-refractivity contribution in [3.8, 4) is 0 Å². The van der Waals surface area contributed by atoms with Crippen LogP contribution < -0.4 is 0 Å². The molecule has 0 aromatic heterocycles. The normalized spacial score (nSPS) is 42.2. The summed E-state index contributed by atoms with van der Waals surface area (Å²) in [6.45, 7) is 19.5. The Bertz CT molecular complexity index is 3260. The maximum atomic E-state index is 13.2. The van der Waals surface area contributed by atoms with Gasteiger partial charge in [-0.05, 0) is 117 Å². The average Bonchev–Trinajstić information content (AvgIpc) is 1.35. The second-order valence-electron chi connectivity index (χ2n) is 37.8. The standard InChI is InChI=1S/C12H12F12.2C10H14F6.2C9H15F3.C8H7F9.C8H12F4.C7H7F7.C7H11F3/c1-3-4(2)6(10(16,17)18)8(12(22,23)24)7(11(19,20)21)5(3)9(13,14)15;1-5-3-6(2)8(10(14,15)16)7(4-5)9(11,12)13;1-4-5(2)8(10(14,15)16)6(3)7(4)9(11,12)13;1-6-3-7(2)5-8(4-6)9(10,11)12;1-6-4-3-5-8(7(6)2)9(10,11)12;1-3-5(10,11)4(2,9)7(14,15)8(16,17)6(3,12)13;1-3-5(9)4(2)7(11)8(12)6(3)10;1-3-5(9,10)4(2,8)7(13,14)6(3,11)12;1-3-5(8)4(2)7(10)6(3)9/h3-8H,1-2H3;5-8H,3-4H2,1-2H3;4-8H,1-3H3;2*6-8H,3-5H2,1-2H3;3H,1-2H3;3-8H,1-2H3;3H,1-2H3;3-7H,1-2H3/t3-,4?,5?,6?,7?,8?;5-,6?,7?,8?;4-,5?,6?,7?,8?;6-,7?,8?;6?,7-,8?;3-,4?;3-,4?,5?,6?,7?,8?;3-,4?;3-,4?,5?,6?,7?/m101010000/s1. The van der Waals surface area contributed by atoms with Crippen molar-refractivity contribution in [3.63, 3.8) is 0 Å². The molecule has 0 N–H and O–H groups in total. The van der Waals surface area contributed by atoms with Crippen molar-refractivity contribution in [2.24, 2.45) is 160 Å². The fourth-order valence-corrected chi connectivity index (χ4v) is 19.6. The fourth-order valence-electron chi connectivity index (χ4n) is 19.6. The quantitative estimate of drug-likeness (QED) is 0.212. The Labute approximate surface area is 731 Å². The molecule has 53 heteroatoms. The first-order valence-electron chi connectivity index (χ1n) is 41.4. The Hall–Kier alpha value is -3.71. The highest BCUT2D eigenvalue weighted by Gasteiger charge is 2.92. The van der Waals surface area contributed by atoms with Gasteiger partial charge in [-0.1, -0.05) is 131 Å². The van der Waals surface area contributed by atoms with Crippen LogP contribution in [0.5, 0.6) is 0 Å². The molecule has 133 heavy (non-hydrogen) atoms. The second kappa shape index (κ2) is 42.8. The van der Waals surface area contributed by atoms with E-state index >= 15 is 0 Å². The van der Waals surface area contributed by atoms with Gasteiger partial charge in [0.2, 0.25) is 11.3 Å². The number of hydrogen-bond acceptors (Lipinski definition) is 0. The van der Waals surface area contributed by atoms with Gasteiger partial charge in [0, 0.05) is 23.7 Å². The summed E-state index contributed by atoms with van der Waals surface area (Å²) < 4.78 is 676. The van der Waals surface area contributed by atoms with E-state index in [4.69, 9.17) is 0 Å². The van der Waals surface area contributed by atoms with Crippen molar-refractivity contribution in [1.29, 1.82) is 0 Å². The number of alkyl halides is 53. The number of halogens is 53. The van der Waals surface area contributed by atoms with Gasteiger partial charge in [0.1, 0.15) is 37.0 Å². The summed E-state index contributed by atoms with van der Waals surface area (Å²) >= 11 is 0. The Morgan fingerprint density at radius 1 is 0.195 bits per heavy atom. The summed E-state index contributed by atoms with van der Waals surface area (Å²) in [5.74, 6) is -83.3. The highest BCUT2D eigenvalue weighted by atomic mass is 19.5. The molecule has 9 rings (SSSR count). The Morgan fingerprint density at radius 2 is 0.451 bits per heavy atom. The predicted octanol–water partition coefficient (Wildman–Crippen LogP) is 34.0. The molecule has 0 aromatic carbocycles. The molecule has 0 nitrogen and oxygen atoms in total. The van der Waals surface area contributed by atoms with E-state index in [9.17, 15) is 233 Å². The van der Waals surface area contributed by atoms with Crippen LogP contribution in [0, 0.1) is 160 Å². The highest BCUT2D eigenvalue weighted by Crippen LogP contribution is 2.69. The third-order valence-electron chi connectivity index (χ3n) is 28.3. The predicted molar refractivity (Wildman–Crippen MR) is 376 cm³/mol. The molecule has 9 aliphatic rings. The van der Waals surface area contributed by atoms with Crippen molar-refractivity contribution < 1.29 is 233 Å². The van der Waals surface area contributed by atoms with E-state index in [-0.39, 0.29) is 56.8 Å². The monoisotopic (exact) mass is 2070 g/mol. The van der Waals surface area contributed by atoms with Crippen LogP contribution in [0.4, 0.5) is 233 Å². The second-order valence-corrected chi connectivity index (χ2v) is 37.8. The Morgan fingerprint density at radius 3 is 0.684 bits per heavy atom. The lowest BCUT2D eigenvalue weighted by Crippen LogP contribution is -2.77. The minimum absolute atomic E-state index is 0.0962.